The lowest BCUT2D eigenvalue weighted by Gasteiger charge is -2.06. The Bertz CT molecular complexity index is 599. The quantitative estimate of drug-likeness (QED) is 0.798. The molecule has 0 saturated heterocycles. The second kappa shape index (κ2) is 4.83. The van der Waals surface area contributed by atoms with Crippen LogP contribution in [0.25, 0.3) is 0 Å². The first-order chi connectivity index (χ1) is 8.56. The molecule has 4 nitrogen and oxygen atoms in total. The van der Waals surface area contributed by atoms with Crippen molar-refractivity contribution in [2.24, 2.45) is 0 Å². The highest BCUT2D eigenvalue weighted by molar-refractivity contribution is 6.04. The first-order valence-corrected chi connectivity index (χ1v) is 5.36. The molecule has 0 spiro atoms. The molecule has 92 valence electrons. The molecule has 2 aromatic rings. The Morgan fingerprint density at radius 3 is 2.83 bits per heavy atom. The number of pyridine rings is 1. The lowest BCUT2D eigenvalue weighted by Crippen LogP contribution is -2.15. The first kappa shape index (κ1) is 12.0. The van der Waals surface area contributed by atoms with Crippen molar-refractivity contribution in [3.8, 4) is 0 Å². The molecule has 1 amide bonds. The number of nitrogens with one attached hydrogen (secondary N) is 1. The summed E-state index contributed by atoms with van der Waals surface area (Å²) >= 11 is 0. The highest BCUT2D eigenvalue weighted by Crippen LogP contribution is 2.14. The van der Waals surface area contributed by atoms with Crippen LogP contribution in [0.4, 0.5) is 15.9 Å². The molecule has 1 heterocycles. The zero-order chi connectivity index (χ0) is 13.1. The number of amides is 1. The number of benzene rings is 1. The fraction of sp³-hybridized carbons (Fsp3) is 0.0769. The van der Waals surface area contributed by atoms with Gasteiger partial charge in [-0.2, -0.15) is 0 Å². The van der Waals surface area contributed by atoms with Gasteiger partial charge in [0, 0.05) is 11.4 Å². The molecule has 1 aromatic carbocycles. The van der Waals surface area contributed by atoms with Crippen LogP contribution >= 0.6 is 0 Å². The number of hydrogen-bond donors (Lipinski definition) is 2. The van der Waals surface area contributed by atoms with Gasteiger partial charge in [-0.15, -0.1) is 0 Å². The third kappa shape index (κ3) is 2.63. The average Bonchev–Trinajstić information content (AvgIpc) is 2.32. The summed E-state index contributed by atoms with van der Waals surface area (Å²) in [6.07, 6.45) is 0. The van der Waals surface area contributed by atoms with E-state index in [0.717, 1.165) is 11.8 Å². The fourth-order valence-corrected chi connectivity index (χ4v) is 1.51. The van der Waals surface area contributed by atoms with Gasteiger partial charge < -0.3 is 11.1 Å². The van der Waals surface area contributed by atoms with Crippen LogP contribution in [0.3, 0.4) is 0 Å². The highest BCUT2D eigenvalue weighted by atomic mass is 19.1. The van der Waals surface area contributed by atoms with Crippen LogP contribution in [0, 0.1) is 12.7 Å². The third-order valence-corrected chi connectivity index (χ3v) is 2.36. The summed E-state index contributed by atoms with van der Waals surface area (Å²) in [6.45, 7) is 1.80. The summed E-state index contributed by atoms with van der Waals surface area (Å²) in [5.41, 5.74) is 6.52. The number of anilines is 2. The summed E-state index contributed by atoms with van der Waals surface area (Å²) < 4.78 is 13.5. The molecule has 0 unspecified atom stereocenters. The van der Waals surface area contributed by atoms with Crippen LogP contribution < -0.4 is 11.1 Å². The van der Waals surface area contributed by atoms with Crippen LogP contribution in [0.1, 0.15) is 16.1 Å². The van der Waals surface area contributed by atoms with Crippen LogP contribution in [0.2, 0.25) is 0 Å². The highest BCUT2D eigenvalue weighted by Gasteiger charge is 2.12. The predicted octanol–water partition coefficient (Wildman–Crippen LogP) is 2.36. The van der Waals surface area contributed by atoms with E-state index in [1.54, 1.807) is 25.1 Å². The van der Waals surface area contributed by atoms with Crippen molar-refractivity contribution in [2.75, 3.05) is 11.1 Å². The Morgan fingerprint density at radius 1 is 1.33 bits per heavy atom. The maximum Gasteiger partial charge on any atom is 0.259 e. The van der Waals surface area contributed by atoms with E-state index < -0.39 is 11.7 Å². The summed E-state index contributed by atoms with van der Waals surface area (Å²) in [5, 5.41) is 2.52. The molecule has 2 rings (SSSR count). The molecule has 3 N–H and O–H groups in total. The van der Waals surface area contributed by atoms with Gasteiger partial charge in [0.1, 0.15) is 11.6 Å². The molecule has 0 fully saturated rings. The average molecular weight is 245 g/mol. The molecule has 0 saturated carbocycles. The number of rotatable bonds is 2. The summed E-state index contributed by atoms with van der Waals surface area (Å²) in [7, 11) is 0. The lowest BCUT2D eigenvalue weighted by molar-refractivity contribution is 0.102. The number of carbonyl (C=O) groups is 1. The standard InChI is InChI=1S/C13H12FN3O/c1-8-3-2-4-12(16-8)17-13(18)10-7-9(15)5-6-11(10)14/h2-7H,15H2,1H3,(H,16,17,18). The smallest absolute Gasteiger partial charge is 0.259 e. The molecule has 5 heteroatoms. The summed E-state index contributed by atoms with van der Waals surface area (Å²) in [5.74, 6) is -0.811. The second-order valence-corrected chi connectivity index (χ2v) is 3.86. The zero-order valence-corrected chi connectivity index (χ0v) is 9.77. The molecule has 0 radical (unpaired) electrons. The third-order valence-electron chi connectivity index (χ3n) is 2.36. The van der Waals surface area contributed by atoms with Crippen LogP contribution in [-0.4, -0.2) is 10.9 Å². The van der Waals surface area contributed by atoms with Gasteiger partial charge in [0.2, 0.25) is 0 Å². The molecule has 0 bridgehead atoms. The molecule has 18 heavy (non-hydrogen) atoms. The molecule has 0 aliphatic heterocycles. The monoisotopic (exact) mass is 245 g/mol. The van der Waals surface area contributed by atoms with E-state index in [2.05, 4.69) is 10.3 Å². The molecular formula is C13H12FN3O. The number of aryl methyl sites for hydroxylation is 1. The molecule has 1 aromatic heterocycles. The fourth-order valence-electron chi connectivity index (χ4n) is 1.51. The van der Waals surface area contributed by atoms with Crippen molar-refractivity contribution in [3.05, 3.63) is 53.5 Å². The Morgan fingerprint density at radius 2 is 2.11 bits per heavy atom. The van der Waals surface area contributed by atoms with E-state index in [-0.39, 0.29) is 5.56 Å². The lowest BCUT2D eigenvalue weighted by atomic mass is 10.2. The van der Waals surface area contributed by atoms with Gasteiger partial charge in [-0.3, -0.25) is 4.79 Å². The summed E-state index contributed by atoms with van der Waals surface area (Å²) in [4.78, 5) is 16.0. The molecule has 0 atom stereocenters. The normalized spacial score (nSPS) is 10.1. The van der Waals surface area contributed by atoms with E-state index >= 15 is 0 Å². The Kier molecular flexibility index (Phi) is 3.23. The number of aromatic nitrogens is 1. The number of nitrogens with two attached hydrogens (primary N) is 1. The van der Waals surface area contributed by atoms with Gasteiger partial charge in [0.25, 0.3) is 5.91 Å². The number of nitrogen functional groups attached to an aromatic ring is 1. The van der Waals surface area contributed by atoms with Crippen molar-refractivity contribution in [1.82, 2.24) is 4.98 Å². The maximum atomic E-state index is 13.5. The maximum absolute atomic E-state index is 13.5. The minimum Gasteiger partial charge on any atom is -0.399 e. The van der Waals surface area contributed by atoms with Gasteiger partial charge >= 0.3 is 0 Å². The van der Waals surface area contributed by atoms with Crippen molar-refractivity contribution in [2.45, 2.75) is 6.92 Å². The van der Waals surface area contributed by atoms with E-state index in [4.69, 9.17) is 5.73 Å². The van der Waals surface area contributed by atoms with Gasteiger partial charge in [-0.05, 0) is 37.3 Å². The van der Waals surface area contributed by atoms with Crippen molar-refractivity contribution >= 4 is 17.4 Å². The predicted molar refractivity (Wildman–Crippen MR) is 67.7 cm³/mol. The molecular weight excluding hydrogens is 233 g/mol. The molecule has 0 aliphatic rings. The van der Waals surface area contributed by atoms with Crippen LogP contribution in [0.15, 0.2) is 36.4 Å². The van der Waals surface area contributed by atoms with Crippen molar-refractivity contribution in [3.63, 3.8) is 0 Å². The molecule has 0 aliphatic carbocycles. The Labute approximate surface area is 104 Å². The van der Waals surface area contributed by atoms with E-state index in [0.29, 0.717) is 11.5 Å². The number of carbonyl (C=O) groups excluding carboxylic acids is 1. The second-order valence-electron chi connectivity index (χ2n) is 3.86. The number of nitrogens with zero attached hydrogens (tertiary/aromatic N) is 1. The number of hydrogen-bond acceptors (Lipinski definition) is 3. The van der Waals surface area contributed by atoms with Crippen molar-refractivity contribution < 1.29 is 9.18 Å². The van der Waals surface area contributed by atoms with Gasteiger partial charge in [-0.25, -0.2) is 9.37 Å². The van der Waals surface area contributed by atoms with Gasteiger partial charge in [-0.1, -0.05) is 6.07 Å². The minimum absolute atomic E-state index is 0.0988. The number of halogens is 1. The van der Waals surface area contributed by atoms with E-state index in [1.807, 2.05) is 0 Å². The minimum atomic E-state index is -0.616. The van der Waals surface area contributed by atoms with Crippen molar-refractivity contribution in [1.29, 1.82) is 0 Å². The topological polar surface area (TPSA) is 68.0 Å². The Balaban J connectivity index is 2.24. The zero-order valence-electron chi connectivity index (χ0n) is 9.77. The van der Waals surface area contributed by atoms with Crippen LogP contribution in [-0.2, 0) is 0 Å². The summed E-state index contributed by atoms with van der Waals surface area (Å²) in [6, 6.07) is 9.05. The Hall–Kier alpha value is -2.43. The first-order valence-electron chi connectivity index (χ1n) is 5.36. The SMILES string of the molecule is Cc1cccc(NC(=O)c2cc(N)ccc2F)n1. The van der Waals surface area contributed by atoms with Gasteiger partial charge in [0.15, 0.2) is 0 Å². The van der Waals surface area contributed by atoms with E-state index in [9.17, 15) is 9.18 Å². The van der Waals surface area contributed by atoms with E-state index in [1.165, 1.54) is 12.1 Å². The van der Waals surface area contributed by atoms with Crippen LogP contribution in [0.5, 0.6) is 0 Å². The van der Waals surface area contributed by atoms with Gasteiger partial charge in [0.05, 0.1) is 5.56 Å². The largest absolute Gasteiger partial charge is 0.399 e.